The van der Waals surface area contributed by atoms with Crippen LogP contribution in [-0.4, -0.2) is 11.0 Å². The van der Waals surface area contributed by atoms with Crippen LogP contribution in [-0.2, 0) is 6.61 Å². The van der Waals surface area contributed by atoms with Gasteiger partial charge in [0.15, 0.2) is 0 Å². The number of nitrogens with one attached hydrogen (secondary N) is 1. The number of hydrogen-bond donors (Lipinski definition) is 2. The molecule has 0 fully saturated rings. The van der Waals surface area contributed by atoms with Crippen molar-refractivity contribution >= 4 is 23.2 Å². The minimum atomic E-state index is -0.264. The molecule has 0 radical (unpaired) electrons. The van der Waals surface area contributed by atoms with Crippen molar-refractivity contribution in [2.75, 3.05) is 5.32 Å². The van der Waals surface area contributed by atoms with Crippen LogP contribution >= 0.6 is 11.6 Å². The normalized spacial score (nSPS) is 10.3. The van der Waals surface area contributed by atoms with Gasteiger partial charge in [0, 0.05) is 5.69 Å². The van der Waals surface area contributed by atoms with Crippen molar-refractivity contribution in [1.82, 2.24) is 0 Å². The van der Waals surface area contributed by atoms with E-state index in [0.717, 1.165) is 11.1 Å². The summed E-state index contributed by atoms with van der Waals surface area (Å²) in [6.45, 7) is 1.85. The molecule has 0 saturated carbocycles. The first-order valence-corrected chi connectivity index (χ1v) is 6.25. The summed E-state index contributed by atoms with van der Waals surface area (Å²) >= 11 is 6.05. The highest BCUT2D eigenvalue weighted by molar-refractivity contribution is 6.34. The van der Waals surface area contributed by atoms with Gasteiger partial charge in [-0.1, -0.05) is 29.8 Å². The third kappa shape index (κ3) is 3.34. The Bertz CT molecular complexity index is 611. The van der Waals surface area contributed by atoms with Crippen molar-refractivity contribution in [1.29, 1.82) is 0 Å². The summed E-state index contributed by atoms with van der Waals surface area (Å²) in [7, 11) is 0. The van der Waals surface area contributed by atoms with Gasteiger partial charge in [0.1, 0.15) is 0 Å². The van der Waals surface area contributed by atoms with Crippen molar-refractivity contribution in [3.63, 3.8) is 0 Å². The Morgan fingerprint density at radius 1 is 1.26 bits per heavy atom. The molecule has 1 amide bonds. The lowest BCUT2D eigenvalue weighted by atomic mass is 10.1. The second-order valence-corrected chi connectivity index (χ2v) is 4.70. The van der Waals surface area contributed by atoms with Gasteiger partial charge in [-0.25, -0.2) is 0 Å². The quantitative estimate of drug-likeness (QED) is 0.902. The van der Waals surface area contributed by atoms with E-state index in [9.17, 15) is 4.79 Å². The van der Waals surface area contributed by atoms with Gasteiger partial charge in [-0.3, -0.25) is 4.79 Å². The molecule has 0 heterocycles. The molecule has 0 unspecified atom stereocenters. The van der Waals surface area contributed by atoms with Crippen LogP contribution in [0.4, 0.5) is 5.69 Å². The Balaban J connectivity index is 2.20. The van der Waals surface area contributed by atoms with Crippen LogP contribution in [0.1, 0.15) is 21.5 Å². The van der Waals surface area contributed by atoms with Crippen LogP contribution in [0, 0.1) is 6.92 Å². The molecule has 2 aromatic carbocycles. The van der Waals surface area contributed by atoms with E-state index in [-0.39, 0.29) is 12.5 Å². The summed E-state index contributed by atoms with van der Waals surface area (Å²) in [5.74, 6) is -0.264. The summed E-state index contributed by atoms with van der Waals surface area (Å²) in [6.07, 6.45) is 0. The fourth-order valence-corrected chi connectivity index (χ4v) is 2.07. The Kier molecular flexibility index (Phi) is 4.20. The predicted molar refractivity (Wildman–Crippen MR) is 76.5 cm³/mol. The fourth-order valence-electron chi connectivity index (χ4n) is 1.75. The van der Waals surface area contributed by atoms with Crippen molar-refractivity contribution in [2.45, 2.75) is 13.5 Å². The minimum Gasteiger partial charge on any atom is -0.392 e. The molecule has 98 valence electrons. The number of anilines is 1. The van der Waals surface area contributed by atoms with Crippen LogP contribution in [0.15, 0.2) is 42.5 Å². The average molecular weight is 276 g/mol. The highest BCUT2D eigenvalue weighted by Crippen LogP contribution is 2.19. The zero-order valence-corrected chi connectivity index (χ0v) is 11.2. The maximum absolute atomic E-state index is 12.1. The van der Waals surface area contributed by atoms with Gasteiger partial charge in [-0.2, -0.15) is 0 Å². The van der Waals surface area contributed by atoms with Gasteiger partial charge >= 0.3 is 0 Å². The van der Waals surface area contributed by atoms with Crippen molar-refractivity contribution in [3.8, 4) is 0 Å². The van der Waals surface area contributed by atoms with E-state index in [4.69, 9.17) is 16.7 Å². The van der Waals surface area contributed by atoms with E-state index in [1.54, 1.807) is 36.4 Å². The maximum Gasteiger partial charge on any atom is 0.257 e. The van der Waals surface area contributed by atoms with Crippen molar-refractivity contribution in [3.05, 3.63) is 64.2 Å². The smallest absolute Gasteiger partial charge is 0.257 e. The molecule has 0 aliphatic carbocycles. The Morgan fingerprint density at radius 3 is 2.74 bits per heavy atom. The third-order valence-corrected chi connectivity index (χ3v) is 3.05. The molecule has 0 aliphatic rings. The van der Waals surface area contributed by atoms with Crippen LogP contribution in [0.3, 0.4) is 0 Å². The zero-order valence-electron chi connectivity index (χ0n) is 10.5. The van der Waals surface area contributed by atoms with Crippen LogP contribution in [0.2, 0.25) is 5.02 Å². The molecule has 2 N–H and O–H groups in total. The summed E-state index contributed by atoms with van der Waals surface area (Å²) in [6, 6.07) is 12.3. The molecule has 0 aliphatic heterocycles. The topological polar surface area (TPSA) is 49.3 Å². The number of aryl methyl sites for hydroxylation is 1. The third-order valence-electron chi connectivity index (χ3n) is 2.74. The molecule has 3 nitrogen and oxygen atoms in total. The average Bonchev–Trinajstić information content (AvgIpc) is 2.38. The number of aliphatic hydroxyl groups excluding tert-OH is 1. The number of carbonyl (C=O) groups is 1. The largest absolute Gasteiger partial charge is 0.392 e. The Morgan fingerprint density at radius 2 is 2.05 bits per heavy atom. The second kappa shape index (κ2) is 5.87. The first-order chi connectivity index (χ1) is 9.10. The molecule has 0 atom stereocenters. The van der Waals surface area contributed by atoms with Crippen LogP contribution < -0.4 is 5.32 Å². The first-order valence-electron chi connectivity index (χ1n) is 5.87. The molecule has 0 aromatic heterocycles. The highest BCUT2D eigenvalue weighted by Gasteiger charge is 2.10. The van der Waals surface area contributed by atoms with Gasteiger partial charge in [-0.05, 0) is 42.3 Å². The van der Waals surface area contributed by atoms with Crippen molar-refractivity contribution in [2.24, 2.45) is 0 Å². The number of aliphatic hydroxyl groups is 1. The molecule has 2 aromatic rings. The zero-order chi connectivity index (χ0) is 13.8. The summed E-state index contributed by atoms with van der Waals surface area (Å²) < 4.78 is 0. The fraction of sp³-hybridized carbons (Fsp3) is 0.133. The Hall–Kier alpha value is -1.84. The van der Waals surface area contributed by atoms with E-state index in [2.05, 4.69) is 5.32 Å². The minimum absolute atomic E-state index is 0.0605. The standard InChI is InChI=1S/C15H14ClNO2/c1-10-5-6-13(14(16)7-10)15(19)17-12-4-2-3-11(8-12)9-18/h2-8,18H,9H2,1H3,(H,17,19). The molecule has 0 bridgehead atoms. The van der Waals surface area contributed by atoms with E-state index in [0.29, 0.717) is 16.3 Å². The molecular formula is C15H14ClNO2. The Labute approximate surface area is 116 Å². The van der Waals surface area contributed by atoms with Crippen LogP contribution in [0.25, 0.3) is 0 Å². The molecule has 19 heavy (non-hydrogen) atoms. The first kappa shape index (κ1) is 13.6. The van der Waals surface area contributed by atoms with E-state index in [1.165, 1.54) is 0 Å². The van der Waals surface area contributed by atoms with Gasteiger partial charge in [0.25, 0.3) is 5.91 Å². The number of benzene rings is 2. The summed E-state index contributed by atoms with van der Waals surface area (Å²) in [4.78, 5) is 12.1. The molecule has 2 rings (SSSR count). The van der Waals surface area contributed by atoms with Gasteiger partial charge in [-0.15, -0.1) is 0 Å². The second-order valence-electron chi connectivity index (χ2n) is 4.30. The van der Waals surface area contributed by atoms with Crippen molar-refractivity contribution < 1.29 is 9.90 Å². The lowest BCUT2D eigenvalue weighted by Crippen LogP contribution is -2.12. The lowest BCUT2D eigenvalue weighted by Gasteiger charge is -2.08. The van der Waals surface area contributed by atoms with E-state index < -0.39 is 0 Å². The van der Waals surface area contributed by atoms with Gasteiger partial charge in [0.2, 0.25) is 0 Å². The SMILES string of the molecule is Cc1ccc(C(=O)Nc2cccc(CO)c2)c(Cl)c1. The maximum atomic E-state index is 12.1. The predicted octanol–water partition coefficient (Wildman–Crippen LogP) is 3.39. The molecular weight excluding hydrogens is 262 g/mol. The van der Waals surface area contributed by atoms with E-state index >= 15 is 0 Å². The number of carbonyl (C=O) groups excluding carboxylic acids is 1. The lowest BCUT2D eigenvalue weighted by molar-refractivity contribution is 0.102. The van der Waals surface area contributed by atoms with Gasteiger partial charge < -0.3 is 10.4 Å². The number of rotatable bonds is 3. The molecule has 4 heteroatoms. The van der Waals surface area contributed by atoms with Crippen LogP contribution in [0.5, 0.6) is 0 Å². The monoisotopic (exact) mass is 275 g/mol. The summed E-state index contributed by atoms with van der Waals surface area (Å²) in [5.41, 5.74) is 2.81. The number of amides is 1. The molecule has 0 spiro atoms. The molecule has 0 saturated heterocycles. The van der Waals surface area contributed by atoms with Gasteiger partial charge in [0.05, 0.1) is 17.2 Å². The number of halogens is 1. The summed E-state index contributed by atoms with van der Waals surface area (Å²) in [5, 5.41) is 12.2. The number of hydrogen-bond acceptors (Lipinski definition) is 2. The van der Waals surface area contributed by atoms with E-state index in [1.807, 2.05) is 13.0 Å². The highest BCUT2D eigenvalue weighted by atomic mass is 35.5.